The standard InChI is InChI=1S/C9H9N3O2/c1-14-9(13)5-2-3-6-7(4-5)11-12-8(6)10/h2-4H,1H3,(H3,10,11,12). The number of H-pyrrole nitrogens is 1. The lowest BCUT2D eigenvalue weighted by molar-refractivity contribution is 0.0601. The maximum Gasteiger partial charge on any atom is 0.337 e. The Kier molecular flexibility index (Phi) is 1.85. The number of rotatable bonds is 1. The summed E-state index contributed by atoms with van der Waals surface area (Å²) in [5, 5.41) is 7.35. The molecular weight excluding hydrogens is 182 g/mol. The van der Waals surface area contributed by atoms with E-state index in [4.69, 9.17) is 5.73 Å². The molecule has 3 N–H and O–H groups in total. The zero-order valence-corrected chi connectivity index (χ0v) is 7.57. The second-order valence-corrected chi connectivity index (χ2v) is 2.86. The highest BCUT2D eigenvalue weighted by atomic mass is 16.5. The van der Waals surface area contributed by atoms with Gasteiger partial charge in [0.1, 0.15) is 0 Å². The zero-order valence-electron chi connectivity index (χ0n) is 7.57. The van der Waals surface area contributed by atoms with Crippen molar-refractivity contribution in [2.24, 2.45) is 0 Å². The molecule has 0 aliphatic rings. The molecule has 0 unspecified atom stereocenters. The SMILES string of the molecule is COC(=O)c1ccc2c(N)n[nH]c2c1. The van der Waals surface area contributed by atoms with E-state index in [1.807, 2.05) is 0 Å². The van der Waals surface area contributed by atoms with Gasteiger partial charge >= 0.3 is 5.97 Å². The Bertz CT molecular complexity index is 490. The predicted molar refractivity (Wildman–Crippen MR) is 51.8 cm³/mol. The van der Waals surface area contributed by atoms with Crippen LogP contribution in [0.1, 0.15) is 10.4 Å². The summed E-state index contributed by atoms with van der Waals surface area (Å²) in [6, 6.07) is 5.05. The number of fused-ring (bicyclic) bond motifs is 1. The molecule has 2 rings (SSSR count). The zero-order chi connectivity index (χ0) is 10.1. The van der Waals surface area contributed by atoms with Crippen LogP contribution in [0.2, 0.25) is 0 Å². The lowest BCUT2D eigenvalue weighted by Gasteiger charge is -1.98. The Balaban J connectivity index is 2.57. The van der Waals surface area contributed by atoms with Gasteiger partial charge in [-0.25, -0.2) is 4.79 Å². The molecule has 0 fully saturated rings. The van der Waals surface area contributed by atoms with Crippen LogP contribution in [0.25, 0.3) is 10.9 Å². The number of nitrogens with one attached hydrogen (secondary N) is 1. The molecule has 0 aliphatic carbocycles. The highest BCUT2D eigenvalue weighted by Gasteiger charge is 2.08. The molecule has 1 heterocycles. The van der Waals surface area contributed by atoms with Crippen LogP contribution >= 0.6 is 0 Å². The molecule has 1 aromatic carbocycles. The number of hydrogen-bond donors (Lipinski definition) is 2. The molecule has 0 radical (unpaired) electrons. The first-order valence-corrected chi connectivity index (χ1v) is 4.04. The minimum atomic E-state index is -0.375. The number of nitrogens with zero attached hydrogens (tertiary/aromatic N) is 1. The molecule has 0 saturated heterocycles. The first-order chi connectivity index (χ1) is 6.72. The van der Waals surface area contributed by atoms with Gasteiger partial charge in [-0.1, -0.05) is 0 Å². The highest BCUT2D eigenvalue weighted by Crippen LogP contribution is 2.18. The van der Waals surface area contributed by atoms with Crippen LogP contribution < -0.4 is 5.73 Å². The first kappa shape index (κ1) is 8.55. The van der Waals surface area contributed by atoms with E-state index in [1.54, 1.807) is 18.2 Å². The van der Waals surface area contributed by atoms with Gasteiger partial charge in [0.25, 0.3) is 0 Å². The van der Waals surface area contributed by atoms with Gasteiger partial charge < -0.3 is 10.5 Å². The van der Waals surface area contributed by atoms with E-state index in [1.165, 1.54) is 7.11 Å². The number of ether oxygens (including phenoxy) is 1. The Hall–Kier alpha value is -2.04. The van der Waals surface area contributed by atoms with E-state index >= 15 is 0 Å². The van der Waals surface area contributed by atoms with Gasteiger partial charge in [-0.15, -0.1) is 0 Å². The number of nitrogens with two attached hydrogens (primary N) is 1. The number of hydrogen-bond acceptors (Lipinski definition) is 4. The Labute approximate surface area is 79.9 Å². The summed E-state index contributed by atoms with van der Waals surface area (Å²) in [4.78, 5) is 11.2. The van der Waals surface area contributed by atoms with Crippen molar-refractivity contribution in [3.05, 3.63) is 23.8 Å². The van der Waals surface area contributed by atoms with Crippen molar-refractivity contribution in [3.63, 3.8) is 0 Å². The van der Waals surface area contributed by atoms with Crippen LogP contribution in [0, 0.1) is 0 Å². The maximum atomic E-state index is 11.2. The number of aromatic amines is 1. The van der Waals surface area contributed by atoms with Gasteiger partial charge in [0, 0.05) is 5.39 Å². The summed E-state index contributed by atoms with van der Waals surface area (Å²) in [6.45, 7) is 0. The number of aromatic nitrogens is 2. The van der Waals surface area contributed by atoms with Gasteiger partial charge in [0.2, 0.25) is 0 Å². The normalized spacial score (nSPS) is 10.4. The van der Waals surface area contributed by atoms with Crippen molar-refractivity contribution in [1.29, 1.82) is 0 Å². The van der Waals surface area contributed by atoms with E-state index in [0.29, 0.717) is 11.4 Å². The van der Waals surface area contributed by atoms with E-state index in [9.17, 15) is 4.79 Å². The van der Waals surface area contributed by atoms with Crippen molar-refractivity contribution in [1.82, 2.24) is 10.2 Å². The third-order valence-electron chi connectivity index (χ3n) is 2.01. The van der Waals surface area contributed by atoms with Gasteiger partial charge in [-0.3, -0.25) is 5.10 Å². The molecule has 1 aromatic heterocycles. The van der Waals surface area contributed by atoms with E-state index in [-0.39, 0.29) is 5.97 Å². The largest absolute Gasteiger partial charge is 0.465 e. The second kappa shape index (κ2) is 3.02. The highest BCUT2D eigenvalue weighted by molar-refractivity contribution is 5.96. The van der Waals surface area contributed by atoms with E-state index in [2.05, 4.69) is 14.9 Å². The lowest BCUT2D eigenvalue weighted by Crippen LogP contribution is -2.00. The van der Waals surface area contributed by atoms with Crippen LogP contribution in [-0.2, 0) is 4.74 Å². The molecule has 5 nitrogen and oxygen atoms in total. The number of benzene rings is 1. The molecule has 0 atom stereocenters. The summed E-state index contributed by atoms with van der Waals surface area (Å²) in [7, 11) is 1.34. The van der Waals surface area contributed by atoms with Gasteiger partial charge in [0.05, 0.1) is 18.2 Å². The molecule has 0 amide bonds. The molecule has 0 bridgehead atoms. The number of anilines is 1. The third-order valence-corrected chi connectivity index (χ3v) is 2.01. The summed E-state index contributed by atoms with van der Waals surface area (Å²) in [6.07, 6.45) is 0. The molecule has 0 aliphatic heterocycles. The second-order valence-electron chi connectivity index (χ2n) is 2.86. The fraction of sp³-hybridized carbons (Fsp3) is 0.111. The van der Waals surface area contributed by atoms with Crippen molar-refractivity contribution in [2.75, 3.05) is 12.8 Å². The van der Waals surface area contributed by atoms with Crippen molar-refractivity contribution in [3.8, 4) is 0 Å². The quantitative estimate of drug-likeness (QED) is 0.657. The minimum absolute atomic E-state index is 0.375. The number of methoxy groups -OCH3 is 1. The number of carbonyl (C=O) groups is 1. The molecule has 0 spiro atoms. The van der Waals surface area contributed by atoms with Gasteiger partial charge in [0.15, 0.2) is 5.82 Å². The average Bonchev–Trinajstić information content (AvgIpc) is 2.59. The lowest BCUT2D eigenvalue weighted by atomic mass is 10.1. The maximum absolute atomic E-state index is 11.2. The van der Waals surface area contributed by atoms with Crippen LogP contribution in [0.5, 0.6) is 0 Å². The molecule has 0 saturated carbocycles. The first-order valence-electron chi connectivity index (χ1n) is 4.04. The number of esters is 1. The monoisotopic (exact) mass is 191 g/mol. The van der Waals surface area contributed by atoms with Gasteiger partial charge in [-0.05, 0) is 18.2 Å². The predicted octanol–water partition coefficient (Wildman–Crippen LogP) is 0.932. The molecule has 2 aromatic rings. The molecule has 14 heavy (non-hydrogen) atoms. The Morgan fingerprint density at radius 1 is 1.57 bits per heavy atom. The molecule has 5 heteroatoms. The summed E-state index contributed by atoms with van der Waals surface area (Å²) >= 11 is 0. The van der Waals surface area contributed by atoms with E-state index in [0.717, 1.165) is 10.9 Å². The minimum Gasteiger partial charge on any atom is -0.465 e. The van der Waals surface area contributed by atoms with Crippen molar-refractivity contribution in [2.45, 2.75) is 0 Å². The Morgan fingerprint density at radius 3 is 3.07 bits per heavy atom. The summed E-state index contributed by atoms with van der Waals surface area (Å²) in [5.41, 5.74) is 6.78. The number of nitrogen functional groups attached to an aromatic ring is 1. The third kappa shape index (κ3) is 1.19. The molecule has 72 valence electrons. The fourth-order valence-electron chi connectivity index (χ4n) is 1.29. The average molecular weight is 191 g/mol. The van der Waals surface area contributed by atoms with Crippen LogP contribution in [0.3, 0.4) is 0 Å². The van der Waals surface area contributed by atoms with Crippen LogP contribution in [0.15, 0.2) is 18.2 Å². The summed E-state index contributed by atoms with van der Waals surface area (Å²) in [5.74, 6) is 0.0523. The van der Waals surface area contributed by atoms with Gasteiger partial charge in [-0.2, -0.15) is 5.10 Å². The molecular formula is C9H9N3O2. The smallest absolute Gasteiger partial charge is 0.337 e. The van der Waals surface area contributed by atoms with Crippen LogP contribution in [0.4, 0.5) is 5.82 Å². The van der Waals surface area contributed by atoms with Crippen LogP contribution in [-0.4, -0.2) is 23.3 Å². The fourth-order valence-corrected chi connectivity index (χ4v) is 1.29. The topological polar surface area (TPSA) is 81.0 Å². The van der Waals surface area contributed by atoms with Crippen molar-refractivity contribution >= 4 is 22.7 Å². The van der Waals surface area contributed by atoms with Crippen molar-refractivity contribution < 1.29 is 9.53 Å². The number of carbonyl (C=O) groups excluding carboxylic acids is 1. The van der Waals surface area contributed by atoms with E-state index < -0.39 is 0 Å². The Morgan fingerprint density at radius 2 is 2.36 bits per heavy atom. The summed E-state index contributed by atoms with van der Waals surface area (Å²) < 4.78 is 4.59.